The van der Waals surface area contributed by atoms with E-state index in [1.54, 1.807) is 30.3 Å². The Kier molecular flexibility index (Phi) is 11.0. The fraction of sp³-hybridized carbons (Fsp3) is 0.333. The number of aromatic hydroxyl groups is 1. The second-order valence-corrected chi connectivity index (χ2v) is 11.4. The van der Waals surface area contributed by atoms with Gasteiger partial charge in [0.1, 0.15) is 23.9 Å². The number of para-hydroxylation sites is 1. The average molecular weight is 678 g/mol. The number of hydrogen-bond acceptors (Lipinski definition) is 7. The molecule has 0 saturated carbocycles. The molecule has 0 bridgehead atoms. The molecule has 10 nitrogen and oxygen atoms in total. The fourth-order valence-corrected chi connectivity index (χ4v) is 5.37. The summed E-state index contributed by atoms with van der Waals surface area (Å²) in [4.78, 5) is 55.1. The number of phenols is 1. The van der Waals surface area contributed by atoms with Crippen LogP contribution < -0.4 is 10.6 Å². The summed E-state index contributed by atoms with van der Waals surface area (Å²) >= 11 is 0. The van der Waals surface area contributed by atoms with E-state index in [2.05, 4.69) is 10.6 Å². The Morgan fingerprint density at radius 1 is 0.875 bits per heavy atom. The third-order valence-corrected chi connectivity index (χ3v) is 8.21. The molecule has 1 aliphatic rings. The van der Waals surface area contributed by atoms with Crippen LogP contribution in [0, 0.1) is 35.0 Å². The van der Waals surface area contributed by atoms with Crippen molar-refractivity contribution in [1.29, 1.82) is 0 Å². The van der Waals surface area contributed by atoms with Crippen molar-refractivity contribution >= 4 is 23.7 Å². The Bertz CT molecular complexity index is 1680. The van der Waals surface area contributed by atoms with E-state index in [-0.39, 0.29) is 12.0 Å². The van der Waals surface area contributed by atoms with Gasteiger partial charge in [-0.05, 0) is 24.6 Å². The lowest BCUT2D eigenvalue weighted by molar-refractivity contribution is -0.163. The summed E-state index contributed by atoms with van der Waals surface area (Å²) in [5.41, 5.74) is -1.07. The maximum Gasteiger partial charge on any atom is 0.329 e. The smallest absolute Gasteiger partial charge is 0.329 e. The predicted octanol–water partition coefficient (Wildman–Crippen LogP) is 2.93. The first-order valence-electron chi connectivity index (χ1n) is 14.7. The summed E-state index contributed by atoms with van der Waals surface area (Å²) in [6.07, 6.45) is -4.83. The summed E-state index contributed by atoms with van der Waals surface area (Å²) < 4.78 is 77.1. The number of nitrogens with one attached hydrogen (secondary N) is 2. The maximum atomic E-state index is 14.8. The van der Waals surface area contributed by atoms with Gasteiger partial charge in [-0.15, -0.1) is 0 Å². The number of rotatable bonds is 6. The van der Waals surface area contributed by atoms with Crippen molar-refractivity contribution in [2.24, 2.45) is 5.92 Å². The van der Waals surface area contributed by atoms with Crippen LogP contribution in [0.1, 0.15) is 35.3 Å². The number of likely N-dealkylation sites (N-methyl/N-ethyl adjacent to an activating group) is 1. The number of ether oxygens (including phenoxy) is 1. The molecule has 1 unspecified atom stereocenters. The topological polar surface area (TPSA) is 145 Å². The number of esters is 1. The molecule has 1 heterocycles. The van der Waals surface area contributed by atoms with E-state index in [1.807, 2.05) is 0 Å². The van der Waals surface area contributed by atoms with E-state index in [9.17, 15) is 51.3 Å². The summed E-state index contributed by atoms with van der Waals surface area (Å²) in [7, 11) is 1.24. The number of amides is 3. The molecule has 0 aromatic heterocycles. The van der Waals surface area contributed by atoms with Crippen molar-refractivity contribution in [2.75, 3.05) is 7.05 Å². The lowest BCUT2D eigenvalue weighted by atomic mass is 9.90. The Balaban J connectivity index is 1.80. The molecule has 15 heteroatoms. The summed E-state index contributed by atoms with van der Waals surface area (Å²) in [6, 6.07) is 8.66. The molecular weight excluding hydrogens is 645 g/mol. The van der Waals surface area contributed by atoms with E-state index in [4.69, 9.17) is 4.74 Å². The number of benzene rings is 3. The molecule has 1 aliphatic heterocycles. The van der Waals surface area contributed by atoms with Gasteiger partial charge in [-0.3, -0.25) is 14.4 Å². The molecule has 0 spiro atoms. The molecule has 6 atom stereocenters. The highest BCUT2D eigenvalue weighted by Gasteiger charge is 2.42. The summed E-state index contributed by atoms with van der Waals surface area (Å²) in [5.74, 6) is -17.5. The van der Waals surface area contributed by atoms with Crippen molar-refractivity contribution in [1.82, 2.24) is 15.5 Å². The molecule has 48 heavy (non-hydrogen) atoms. The van der Waals surface area contributed by atoms with Gasteiger partial charge in [0, 0.05) is 25.5 Å². The molecule has 1 saturated heterocycles. The van der Waals surface area contributed by atoms with Crippen LogP contribution in [0.25, 0.3) is 0 Å². The Morgan fingerprint density at radius 3 is 2.04 bits per heavy atom. The molecule has 4 rings (SSSR count). The number of carbonyl (C=O) groups excluding carboxylic acids is 4. The minimum Gasteiger partial charge on any atom is -0.507 e. The third-order valence-electron chi connectivity index (χ3n) is 8.21. The van der Waals surface area contributed by atoms with Crippen molar-refractivity contribution in [2.45, 2.75) is 57.0 Å². The molecule has 1 fully saturated rings. The zero-order valence-corrected chi connectivity index (χ0v) is 25.8. The third kappa shape index (κ3) is 7.40. The minimum absolute atomic E-state index is 0.0907. The fourth-order valence-electron chi connectivity index (χ4n) is 5.37. The molecule has 0 aliphatic carbocycles. The Labute approximate surface area is 271 Å². The molecule has 3 aromatic carbocycles. The molecule has 256 valence electrons. The van der Waals surface area contributed by atoms with Gasteiger partial charge in [0.05, 0.1) is 23.6 Å². The van der Waals surface area contributed by atoms with E-state index in [0.717, 1.165) is 4.90 Å². The number of phenolic OH excluding ortho intramolecular Hbond substituents is 1. The average Bonchev–Trinajstić information content (AvgIpc) is 3.07. The molecule has 4 N–H and O–H groups in total. The summed E-state index contributed by atoms with van der Waals surface area (Å²) in [5, 5.41) is 26.1. The van der Waals surface area contributed by atoms with Crippen LogP contribution in [0.5, 0.6) is 5.75 Å². The standard InChI is InChI=1S/C33H32F5N3O7/c1-15-29(43)20(14-19-23(34)25(36)27(38)26(37)24(19)35)39-31(45)28(40-30(44)18-11-7-8-12-22(18)42)16(2)48-33(47)21(41(3)32(15)46)13-17-9-5-4-6-10-17/h4-12,15-16,20-21,28-29,42-43H,13-14H2,1-3H3,(H,39,45)(H,40,44)/t15-,16-,20+,21?,28+,29+/m1/s1. The molecular formula is C33H32F5N3O7. The molecule has 3 aromatic rings. The Morgan fingerprint density at radius 2 is 1.44 bits per heavy atom. The van der Waals surface area contributed by atoms with Gasteiger partial charge in [0.25, 0.3) is 5.91 Å². The van der Waals surface area contributed by atoms with Gasteiger partial charge in [-0.2, -0.15) is 0 Å². The number of aliphatic hydroxyl groups excluding tert-OH is 1. The first-order chi connectivity index (χ1) is 22.6. The van der Waals surface area contributed by atoms with Crippen LogP contribution in [0.15, 0.2) is 54.6 Å². The van der Waals surface area contributed by atoms with Crippen molar-refractivity contribution in [3.63, 3.8) is 0 Å². The minimum atomic E-state index is -2.42. The van der Waals surface area contributed by atoms with Gasteiger partial charge in [-0.1, -0.05) is 49.4 Å². The second-order valence-electron chi connectivity index (χ2n) is 11.4. The van der Waals surface area contributed by atoms with Crippen LogP contribution >= 0.6 is 0 Å². The highest BCUT2D eigenvalue weighted by Crippen LogP contribution is 2.27. The zero-order chi connectivity index (χ0) is 35.4. The maximum absolute atomic E-state index is 14.8. The highest BCUT2D eigenvalue weighted by molar-refractivity contribution is 6.00. The SMILES string of the molecule is C[C@H]1OC(=O)C(Cc2ccccc2)N(C)C(=O)[C@H](C)[C@H](O)[C@H](Cc2c(F)c(F)c(F)c(F)c2F)NC(=O)[C@H]1NC(=O)c1ccccc1O. The normalized spacial score (nSPS) is 23.9. The second kappa shape index (κ2) is 14.8. The van der Waals surface area contributed by atoms with Gasteiger partial charge >= 0.3 is 5.97 Å². The van der Waals surface area contributed by atoms with Gasteiger partial charge in [-0.25, -0.2) is 26.7 Å². The van der Waals surface area contributed by atoms with Crippen LogP contribution in [-0.2, 0) is 32.0 Å². The van der Waals surface area contributed by atoms with Crippen LogP contribution in [-0.4, -0.2) is 76.2 Å². The lowest BCUT2D eigenvalue weighted by Crippen LogP contribution is -2.61. The highest BCUT2D eigenvalue weighted by atomic mass is 19.2. The van der Waals surface area contributed by atoms with Crippen molar-refractivity contribution in [3.8, 4) is 5.75 Å². The number of halogens is 5. The number of nitrogens with zero attached hydrogens (tertiary/aromatic N) is 1. The van der Waals surface area contributed by atoms with Gasteiger partial charge in [0.2, 0.25) is 17.6 Å². The number of cyclic esters (lactones) is 1. The summed E-state index contributed by atoms with van der Waals surface area (Å²) in [6.45, 7) is 2.40. The lowest BCUT2D eigenvalue weighted by Gasteiger charge is -2.36. The Hall–Kier alpha value is -5.05. The van der Waals surface area contributed by atoms with E-state index < -0.39 is 107 Å². The van der Waals surface area contributed by atoms with Crippen molar-refractivity contribution < 1.29 is 56.1 Å². The molecule has 3 amide bonds. The predicted molar refractivity (Wildman–Crippen MR) is 159 cm³/mol. The first-order valence-corrected chi connectivity index (χ1v) is 14.7. The van der Waals surface area contributed by atoms with Gasteiger partial charge < -0.3 is 30.5 Å². The number of hydrogen-bond donors (Lipinski definition) is 4. The largest absolute Gasteiger partial charge is 0.507 e. The van der Waals surface area contributed by atoms with Crippen LogP contribution in [0.4, 0.5) is 22.0 Å². The van der Waals surface area contributed by atoms with Crippen LogP contribution in [0.2, 0.25) is 0 Å². The van der Waals surface area contributed by atoms with E-state index in [0.29, 0.717) is 5.56 Å². The van der Waals surface area contributed by atoms with Crippen molar-refractivity contribution in [3.05, 3.63) is 100 Å². The number of carbonyl (C=O) groups is 4. The zero-order valence-electron chi connectivity index (χ0n) is 25.8. The monoisotopic (exact) mass is 677 g/mol. The van der Waals surface area contributed by atoms with Crippen LogP contribution in [0.3, 0.4) is 0 Å². The van der Waals surface area contributed by atoms with E-state index in [1.165, 1.54) is 45.2 Å². The van der Waals surface area contributed by atoms with E-state index >= 15 is 0 Å². The number of aliphatic hydroxyl groups is 1. The quantitative estimate of drug-likeness (QED) is 0.136. The van der Waals surface area contributed by atoms with Gasteiger partial charge in [0.15, 0.2) is 23.3 Å². The first kappa shape index (κ1) is 35.8. The molecule has 0 radical (unpaired) electrons.